The number of esters is 1. The van der Waals surface area contributed by atoms with Crippen molar-refractivity contribution in [1.29, 1.82) is 0 Å². The summed E-state index contributed by atoms with van der Waals surface area (Å²) in [5.41, 5.74) is 0.483. The van der Waals surface area contributed by atoms with E-state index in [2.05, 4.69) is 5.32 Å². The van der Waals surface area contributed by atoms with Crippen molar-refractivity contribution in [1.82, 2.24) is 5.32 Å². The normalized spacial score (nSPS) is 10.0. The van der Waals surface area contributed by atoms with Crippen LogP contribution in [0.4, 0.5) is 4.39 Å². The molecule has 5 nitrogen and oxygen atoms in total. The summed E-state index contributed by atoms with van der Waals surface area (Å²) in [7, 11) is 0. The van der Waals surface area contributed by atoms with Gasteiger partial charge >= 0.3 is 5.97 Å². The third-order valence-corrected chi connectivity index (χ3v) is 2.85. The molecule has 0 radical (unpaired) electrons. The first-order valence-corrected chi connectivity index (χ1v) is 6.52. The van der Waals surface area contributed by atoms with Gasteiger partial charge in [0.25, 0.3) is 5.91 Å². The molecule has 0 bridgehead atoms. The summed E-state index contributed by atoms with van der Waals surface area (Å²) < 4.78 is 18.2. The Kier molecular flexibility index (Phi) is 5.08. The van der Waals surface area contributed by atoms with Crippen LogP contribution in [0.15, 0.2) is 48.5 Å². The molecule has 0 saturated heterocycles. The molecule has 2 aromatic rings. The summed E-state index contributed by atoms with van der Waals surface area (Å²) >= 11 is 0. The van der Waals surface area contributed by atoms with E-state index < -0.39 is 24.3 Å². The van der Waals surface area contributed by atoms with Crippen LogP contribution in [0.25, 0.3) is 0 Å². The summed E-state index contributed by atoms with van der Waals surface area (Å²) in [5.74, 6) is -1.76. The molecule has 0 spiro atoms. The van der Waals surface area contributed by atoms with E-state index in [1.807, 2.05) is 0 Å². The monoisotopic (exact) mass is 303 g/mol. The fourth-order valence-corrected chi connectivity index (χ4v) is 1.73. The van der Waals surface area contributed by atoms with Crippen LogP contribution in [-0.2, 0) is 16.1 Å². The number of hydrogen-bond donors (Lipinski definition) is 2. The van der Waals surface area contributed by atoms with Gasteiger partial charge in [-0.05, 0) is 24.3 Å². The lowest BCUT2D eigenvalue weighted by Crippen LogP contribution is -2.28. The predicted molar refractivity (Wildman–Crippen MR) is 76.6 cm³/mol. The summed E-state index contributed by atoms with van der Waals surface area (Å²) in [5, 5.41) is 11.7. The minimum absolute atomic E-state index is 0.00911. The minimum atomic E-state index is -0.725. The maximum absolute atomic E-state index is 13.4. The van der Waals surface area contributed by atoms with Gasteiger partial charge in [-0.3, -0.25) is 4.79 Å². The molecule has 0 saturated carbocycles. The van der Waals surface area contributed by atoms with Gasteiger partial charge in [-0.15, -0.1) is 0 Å². The number of aromatic hydroxyl groups is 1. The number of carbonyl (C=O) groups is 2. The number of nitrogens with one attached hydrogen (secondary N) is 1. The average molecular weight is 303 g/mol. The molecule has 114 valence electrons. The number of ether oxygens (including phenoxy) is 1. The highest BCUT2D eigenvalue weighted by Gasteiger charge is 2.11. The lowest BCUT2D eigenvalue weighted by atomic mass is 10.2. The number of hydrogen-bond acceptors (Lipinski definition) is 4. The maximum Gasteiger partial charge on any atom is 0.338 e. The van der Waals surface area contributed by atoms with Crippen LogP contribution in [0.3, 0.4) is 0 Å². The first-order chi connectivity index (χ1) is 10.6. The smallest absolute Gasteiger partial charge is 0.338 e. The molecular formula is C16H14FNO4. The molecule has 0 aromatic heterocycles. The molecule has 0 fully saturated rings. The van der Waals surface area contributed by atoms with Crippen molar-refractivity contribution in [3.63, 3.8) is 0 Å². The number of rotatable bonds is 5. The van der Waals surface area contributed by atoms with Gasteiger partial charge in [0.15, 0.2) is 6.61 Å². The van der Waals surface area contributed by atoms with Crippen LogP contribution in [0.5, 0.6) is 5.75 Å². The van der Waals surface area contributed by atoms with E-state index in [4.69, 9.17) is 4.74 Å². The Morgan fingerprint density at radius 2 is 1.91 bits per heavy atom. The van der Waals surface area contributed by atoms with Crippen LogP contribution < -0.4 is 5.32 Å². The van der Waals surface area contributed by atoms with E-state index in [0.717, 1.165) is 0 Å². The van der Waals surface area contributed by atoms with Gasteiger partial charge in [0, 0.05) is 12.1 Å². The van der Waals surface area contributed by atoms with E-state index in [-0.39, 0.29) is 17.9 Å². The second-order valence-corrected chi connectivity index (χ2v) is 4.49. The second kappa shape index (κ2) is 7.21. The van der Waals surface area contributed by atoms with Crippen molar-refractivity contribution >= 4 is 11.9 Å². The zero-order chi connectivity index (χ0) is 15.9. The fraction of sp³-hybridized carbons (Fsp3) is 0.125. The molecule has 0 aliphatic carbocycles. The molecule has 6 heteroatoms. The number of benzene rings is 2. The minimum Gasteiger partial charge on any atom is -0.508 e. The Hall–Kier alpha value is -2.89. The average Bonchev–Trinajstić information content (AvgIpc) is 2.52. The molecule has 0 aliphatic heterocycles. The number of phenols is 1. The van der Waals surface area contributed by atoms with Gasteiger partial charge in [0.2, 0.25) is 0 Å². The van der Waals surface area contributed by atoms with Crippen LogP contribution >= 0.6 is 0 Å². The van der Waals surface area contributed by atoms with Crippen molar-refractivity contribution < 1.29 is 23.8 Å². The van der Waals surface area contributed by atoms with Crippen LogP contribution in [0, 0.1) is 5.82 Å². The first kappa shape index (κ1) is 15.5. The van der Waals surface area contributed by atoms with Crippen molar-refractivity contribution in [3.8, 4) is 5.75 Å². The molecule has 2 aromatic carbocycles. The Balaban J connectivity index is 1.81. The highest BCUT2D eigenvalue weighted by atomic mass is 19.1. The highest BCUT2D eigenvalue weighted by Crippen LogP contribution is 2.11. The van der Waals surface area contributed by atoms with Crippen LogP contribution in [-0.4, -0.2) is 23.6 Å². The summed E-state index contributed by atoms with van der Waals surface area (Å²) in [6, 6.07) is 11.7. The largest absolute Gasteiger partial charge is 0.508 e. The number of halogens is 1. The SMILES string of the molecule is O=C(COC(=O)c1cccc(O)c1)NCc1ccccc1F. The third-order valence-electron chi connectivity index (χ3n) is 2.85. The van der Waals surface area contributed by atoms with Gasteiger partial charge in [0.1, 0.15) is 11.6 Å². The summed E-state index contributed by atoms with van der Waals surface area (Å²) in [4.78, 5) is 23.2. The molecule has 22 heavy (non-hydrogen) atoms. The summed E-state index contributed by atoms with van der Waals surface area (Å²) in [6.45, 7) is -0.474. The second-order valence-electron chi connectivity index (χ2n) is 4.49. The van der Waals surface area contributed by atoms with Gasteiger partial charge in [-0.2, -0.15) is 0 Å². The van der Waals surface area contributed by atoms with Crippen LogP contribution in [0.1, 0.15) is 15.9 Å². The van der Waals surface area contributed by atoms with E-state index in [9.17, 15) is 19.1 Å². The van der Waals surface area contributed by atoms with Crippen LogP contribution in [0.2, 0.25) is 0 Å². The Labute approximate surface area is 126 Å². The van der Waals surface area contributed by atoms with Gasteiger partial charge in [-0.1, -0.05) is 24.3 Å². The third kappa shape index (κ3) is 4.31. The molecule has 1 amide bonds. The molecule has 0 unspecified atom stereocenters. The van der Waals surface area contributed by atoms with Gasteiger partial charge in [-0.25, -0.2) is 9.18 Å². The van der Waals surface area contributed by atoms with E-state index >= 15 is 0 Å². The van der Waals surface area contributed by atoms with E-state index in [0.29, 0.717) is 5.56 Å². The Morgan fingerprint density at radius 1 is 1.14 bits per heavy atom. The lowest BCUT2D eigenvalue weighted by molar-refractivity contribution is -0.124. The van der Waals surface area contributed by atoms with Gasteiger partial charge < -0.3 is 15.2 Å². The lowest BCUT2D eigenvalue weighted by Gasteiger charge is -2.07. The zero-order valence-corrected chi connectivity index (χ0v) is 11.6. The predicted octanol–water partition coefficient (Wildman–Crippen LogP) is 2.00. The van der Waals surface area contributed by atoms with Crippen molar-refractivity contribution in [2.45, 2.75) is 6.54 Å². The highest BCUT2D eigenvalue weighted by molar-refractivity contribution is 5.91. The molecular weight excluding hydrogens is 289 g/mol. The topological polar surface area (TPSA) is 75.6 Å². The fourth-order valence-electron chi connectivity index (χ4n) is 1.73. The number of carbonyl (C=O) groups excluding carboxylic acids is 2. The van der Waals surface area contributed by atoms with E-state index in [1.165, 1.54) is 30.3 Å². The Morgan fingerprint density at radius 3 is 2.64 bits per heavy atom. The van der Waals surface area contributed by atoms with Crippen molar-refractivity contribution in [2.75, 3.05) is 6.61 Å². The molecule has 2 rings (SSSR count). The number of amides is 1. The quantitative estimate of drug-likeness (QED) is 0.828. The molecule has 2 N–H and O–H groups in total. The number of phenolic OH excluding ortho intramolecular Hbond substituents is 1. The van der Waals surface area contributed by atoms with Gasteiger partial charge in [0.05, 0.1) is 5.56 Å². The Bertz CT molecular complexity index is 687. The standard InChI is InChI=1S/C16H14FNO4/c17-14-7-2-1-4-12(14)9-18-15(20)10-22-16(21)11-5-3-6-13(19)8-11/h1-8,19H,9-10H2,(H,18,20). The maximum atomic E-state index is 13.4. The van der Waals surface area contributed by atoms with E-state index in [1.54, 1.807) is 18.2 Å². The summed E-state index contributed by atoms with van der Waals surface area (Å²) in [6.07, 6.45) is 0. The zero-order valence-electron chi connectivity index (χ0n) is 11.6. The molecule has 0 aliphatic rings. The van der Waals surface area contributed by atoms with Crippen molar-refractivity contribution in [2.24, 2.45) is 0 Å². The molecule has 0 atom stereocenters. The first-order valence-electron chi connectivity index (χ1n) is 6.52. The van der Waals surface area contributed by atoms with Crippen molar-refractivity contribution in [3.05, 3.63) is 65.5 Å². The molecule has 0 heterocycles.